The Morgan fingerprint density at radius 3 is 2.27 bits per heavy atom. The van der Waals surface area contributed by atoms with E-state index in [2.05, 4.69) is 0 Å². The Bertz CT molecular complexity index is 870. The molecule has 1 atom stereocenters. The Hall–Kier alpha value is -3.53. The molecule has 0 aromatic heterocycles. The molecule has 7 nitrogen and oxygen atoms in total. The van der Waals surface area contributed by atoms with E-state index in [4.69, 9.17) is 19.5 Å². The van der Waals surface area contributed by atoms with Gasteiger partial charge in [0.15, 0.2) is 6.10 Å². The molecule has 0 aliphatic heterocycles. The summed E-state index contributed by atoms with van der Waals surface area (Å²) >= 11 is 0. The maximum atomic E-state index is 12.8. The molecule has 0 fully saturated rings. The Balaban J connectivity index is 1.98. The molecule has 0 spiro atoms. The van der Waals surface area contributed by atoms with Gasteiger partial charge in [0.05, 0.1) is 26.7 Å². The van der Waals surface area contributed by atoms with Gasteiger partial charge in [-0.05, 0) is 43.2 Å². The molecule has 0 bridgehead atoms. The van der Waals surface area contributed by atoms with Crippen molar-refractivity contribution in [2.45, 2.75) is 32.3 Å². The molecule has 0 heterocycles. The van der Waals surface area contributed by atoms with Gasteiger partial charge in [-0.25, -0.2) is 0 Å². The number of rotatable bonds is 10. The topological polar surface area (TPSA) is 88.9 Å². The summed E-state index contributed by atoms with van der Waals surface area (Å²) in [5, 5.41) is 8.89. The number of benzene rings is 2. The predicted octanol–water partition coefficient (Wildman–Crippen LogP) is 3.51. The number of aryl methyl sites for hydroxylation is 1. The van der Waals surface area contributed by atoms with E-state index in [1.807, 2.05) is 24.3 Å². The zero-order valence-corrected chi connectivity index (χ0v) is 17.5. The van der Waals surface area contributed by atoms with E-state index in [1.54, 1.807) is 44.6 Å². The lowest BCUT2D eigenvalue weighted by molar-refractivity contribution is -0.153. The van der Waals surface area contributed by atoms with Gasteiger partial charge in [-0.1, -0.05) is 18.2 Å². The van der Waals surface area contributed by atoms with Crippen LogP contribution < -0.4 is 14.4 Å². The van der Waals surface area contributed by atoms with Crippen LogP contribution in [0.25, 0.3) is 0 Å². The third kappa shape index (κ3) is 6.52. The molecule has 1 amide bonds. The molecule has 0 aliphatic rings. The molecule has 30 heavy (non-hydrogen) atoms. The van der Waals surface area contributed by atoms with Crippen LogP contribution in [0.2, 0.25) is 0 Å². The van der Waals surface area contributed by atoms with Gasteiger partial charge >= 0.3 is 5.97 Å². The van der Waals surface area contributed by atoms with Gasteiger partial charge < -0.3 is 19.1 Å². The van der Waals surface area contributed by atoms with E-state index >= 15 is 0 Å². The van der Waals surface area contributed by atoms with Gasteiger partial charge in [0.1, 0.15) is 11.5 Å². The van der Waals surface area contributed by atoms with E-state index < -0.39 is 12.1 Å². The van der Waals surface area contributed by atoms with Crippen molar-refractivity contribution in [1.82, 2.24) is 0 Å². The van der Waals surface area contributed by atoms with Gasteiger partial charge in [-0.15, -0.1) is 0 Å². The van der Waals surface area contributed by atoms with Gasteiger partial charge in [0.2, 0.25) is 0 Å². The van der Waals surface area contributed by atoms with E-state index in [1.165, 1.54) is 11.8 Å². The molecule has 0 saturated carbocycles. The number of carbonyl (C=O) groups is 2. The largest absolute Gasteiger partial charge is 0.497 e. The molecule has 2 aromatic rings. The van der Waals surface area contributed by atoms with Crippen molar-refractivity contribution in [2.24, 2.45) is 0 Å². The zero-order valence-electron chi connectivity index (χ0n) is 17.5. The number of nitriles is 1. The summed E-state index contributed by atoms with van der Waals surface area (Å²) in [6, 6.07) is 16.4. The van der Waals surface area contributed by atoms with Crippen molar-refractivity contribution in [3.63, 3.8) is 0 Å². The Morgan fingerprint density at radius 1 is 1.07 bits per heavy atom. The number of esters is 1. The molecular formula is C23H26N2O5. The molecule has 0 saturated heterocycles. The number of para-hydroxylation sites is 1. The van der Waals surface area contributed by atoms with E-state index in [-0.39, 0.29) is 25.3 Å². The minimum atomic E-state index is -0.962. The molecule has 0 aliphatic carbocycles. The highest BCUT2D eigenvalue weighted by Gasteiger charge is 2.24. The highest BCUT2D eigenvalue weighted by Crippen LogP contribution is 2.23. The van der Waals surface area contributed by atoms with E-state index in [9.17, 15) is 9.59 Å². The summed E-state index contributed by atoms with van der Waals surface area (Å²) in [7, 11) is 3.12. The van der Waals surface area contributed by atoms with Gasteiger partial charge in [0.25, 0.3) is 5.91 Å². The third-order valence-corrected chi connectivity index (χ3v) is 4.47. The number of carbonyl (C=O) groups excluding carboxylic acids is 2. The highest BCUT2D eigenvalue weighted by molar-refractivity contribution is 5.97. The quantitative estimate of drug-likeness (QED) is 0.557. The summed E-state index contributed by atoms with van der Waals surface area (Å²) in [5.74, 6) is 0.424. The molecule has 1 unspecified atom stereocenters. The number of hydrogen-bond acceptors (Lipinski definition) is 6. The van der Waals surface area contributed by atoms with Crippen LogP contribution in [0.3, 0.4) is 0 Å². The normalized spacial score (nSPS) is 11.1. The van der Waals surface area contributed by atoms with Crippen molar-refractivity contribution < 1.29 is 23.8 Å². The second-order valence-electron chi connectivity index (χ2n) is 6.59. The summed E-state index contributed by atoms with van der Waals surface area (Å²) in [5.41, 5.74) is 1.52. The maximum absolute atomic E-state index is 12.8. The number of nitrogens with zero attached hydrogens (tertiary/aromatic N) is 2. The first kappa shape index (κ1) is 22.8. The minimum absolute atomic E-state index is 0.109. The highest BCUT2D eigenvalue weighted by atomic mass is 16.5. The molecule has 2 rings (SSSR count). The smallest absolute Gasteiger partial charge is 0.306 e. The van der Waals surface area contributed by atoms with Crippen LogP contribution in [0.5, 0.6) is 11.5 Å². The second kappa shape index (κ2) is 11.5. The Morgan fingerprint density at radius 2 is 1.70 bits per heavy atom. The summed E-state index contributed by atoms with van der Waals surface area (Å²) in [6.07, 6.45) is -0.253. The maximum Gasteiger partial charge on any atom is 0.306 e. The zero-order chi connectivity index (χ0) is 21.9. The first-order valence-corrected chi connectivity index (χ1v) is 9.63. The van der Waals surface area contributed by atoms with Crippen molar-refractivity contribution >= 4 is 17.6 Å². The molecule has 7 heteroatoms. The monoisotopic (exact) mass is 410 g/mol. The summed E-state index contributed by atoms with van der Waals surface area (Å²) < 4.78 is 15.8. The van der Waals surface area contributed by atoms with Crippen molar-refractivity contribution in [2.75, 3.05) is 25.7 Å². The Kier molecular flexibility index (Phi) is 8.70. The lowest BCUT2D eigenvalue weighted by Gasteiger charge is -2.25. The van der Waals surface area contributed by atoms with Crippen LogP contribution >= 0.6 is 0 Å². The van der Waals surface area contributed by atoms with Crippen LogP contribution in [0, 0.1) is 11.3 Å². The number of ether oxygens (including phenoxy) is 3. The molecule has 158 valence electrons. The van der Waals surface area contributed by atoms with Crippen LogP contribution in [-0.2, 0) is 20.7 Å². The van der Waals surface area contributed by atoms with Crippen molar-refractivity contribution in [1.29, 1.82) is 5.26 Å². The molecular weight excluding hydrogens is 384 g/mol. The van der Waals surface area contributed by atoms with Crippen LogP contribution in [-0.4, -0.2) is 38.7 Å². The van der Waals surface area contributed by atoms with Crippen molar-refractivity contribution in [3.05, 3.63) is 54.1 Å². The molecule has 0 radical (unpaired) electrons. The number of methoxy groups -OCH3 is 2. The van der Waals surface area contributed by atoms with Crippen molar-refractivity contribution in [3.8, 4) is 17.6 Å². The SMILES string of the molecule is COc1cc(CCC(=O)OC(C)C(=O)N(CCC#N)c2ccccc2)cc(OC)c1. The number of amides is 1. The average molecular weight is 410 g/mol. The first-order valence-electron chi connectivity index (χ1n) is 9.63. The minimum Gasteiger partial charge on any atom is -0.497 e. The van der Waals surface area contributed by atoms with Gasteiger partial charge in [-0.3, -0.25) is 9.59 Å². The van der Waals surface area contributed by atoms with Crippen LogP contribution in [0.1, 0.15) is 25.3 Å². The number of hydrogen-bond donors (Lipinski definition) is 0. The predicted molar refractivity (Wildman–Crippen MR) is 112 cm³/mol. The number of anilines is 1. The fourth-order valence-corrected chi connectivity index (χ4v) is 2.92. The van der Waals surface area contributed by atoms with Gasteiger partial charge in [-0.2, -0.15) is 5.26 Å². The standard InChI is InChI=1S/C23H26N2O5/c1-17(23(27)25(13-7-12-24)19-8-5-4-6-9-19)30-22(26)11-10-18-14-20(28-2)16-21(15-18)29-3/h4-6,8-9,14-17H,7,10-11,13H2,1-3H3. The van der Waals surface area contributed by atoms with Crippen LogP contribution in [0.4, 0.5) is 5.69 Å². The average Bonchev–Trinajstić information content (AvgIpc) is 2.78. The molecule has 0 N–H and O–H groups in total. The fraction of sp³-hybridized carbons (Fsp3) is 0.348. The molecule has 2 aromatic carbocycles. The lowest BCUT2D eigenvalue weighted by Crippen LogP contribution is -2.40. The van der Waals surface area contributed by atoms with Crippen LogP contribution in [0.15, 0.2) is 48.5 Å². The Labute approximate surface area is 176 Å². The summed E-state index contributed by atoms with van der Waals surface area (Å²) in [4.78, 5) is 26.6. The second-order valence-corrected chi connectivity index (χ2v) is 6.59. The fourth-order valence-electron chi connectivity index (χ4n) is 2.92. The lowest BCUT2D eigenvalue weighted by atomic mass is 10.1. The van der Waals surface area contributed by atoms with Gasteiger partial charge in [0, 0.05) is 24.7 Å². The summed E-state index contributed by atoms with van der Waals surface area (Å²) in [6.45, 7) is 1.77. The van der Waals surface area contributed by atoms with E-state index in [0.29, 0.717) is 23.6 Å². The first-order chi connectivity index (χ1) is 14.5. The third-order valence-electron chi connectivity index (χ3n) is 4.47. The van der Waals surface area contributed by atoms with E-state index in [0.717, 1.165) is 5.56 Å².